The molecule has 224 valence electrons. The van der Waals surface area contributed by atoms with Gasteiger partial charge in [0.2, 0.25) is 0 Å². The van der Waals surface area contributed by atoms with Crippen molar-refractivity contribution in [3.63, 3.8) is 0 Å². The van der Waals surface area contributed by atoms with E-state index in [1.54, 1.807) is 24.3 Å². The van der Waals surface area contributed by atoms with Crippen molar-refractivity contribution >= 4 is 9.84 Å². The molecule has 0 radical (unpaired) electrons. The first-order valence-corrected chi connectivity index (χ1v) is 17.7. The van der Waals surface area contributed by atoms with Gasteiger partial charge in [-0.3, -0.25) is 0 Å². The molecule has 1 saturated heterocycles. The zero-order valence-corrected chi connectivity index (χ0v) is 26.0. The van der Waals surface area contributed by atoms with Gasteiger partial charge in [-0.15, -0.1) is 0 Å². The van der Waals surface area contributed by atoms with Crippen molar-refractivity contribution in [3.05, 3.63) is 30.3 Å². The fraction of sp³-hybridized carbons (Fsp3) is 0.824. The van der Waals surface area contributed by atoms with Crippen LogP contribution in [0.25, 0.3) is 0 Å². The van der Waals surface area contributed by atoms with Crippen LogP contribution in [-0.2, 0) is 14.6 Å². The van der Waals surface area contributed by atoms with Gasteiger partial charge in [-0.25, -0.2) is 8.42 Å². The van der Waals surface area contributed by atoms with Crippen LogP contribution in [0.1, 0.15) is 98.3 Å². The molecule has 6 rings (SSSR count). The molecule has 6 heteroatoms. The number of fused-ring (bicyclic) bond motifs is 5. The second-order valence-electron chi connectivity index (χ2n) is 15.6. The Kier molecular flexibility index (Phi) is 7.33. The Morgan fingerprint density at radius 3 is 2.33 bits per heavy atom. The SMILES string of the molecule is C[C@H](C(CC1(O)CCOC1)S(=O)(=O)c1ccccc1)[C@H]1CC[C@H]2[C@@H]3CC[C@H]4C[C@@](C)(O)CC[C@]4(C)[C@H]3CC[C@]12C. The largest absolute Gasteiger partial charge is 0.390 e. The molecule has 0 amide bonds. The molecular formula is C34H52O5S. The average Bonchev–Trinajstić information content (AvgIpc) is 3.51. The van der Waals surface area contributed by atoms with Gasteiger partial charge in [0.15, 0.2) is 9.84 Å². The van der Waals surface area contributed by atoms with Crippen LogP contribution in [-0.4, -0.2) is 48.3 Å². The molecule has 5 fully saturated rings. The monoisotopic (exact) mass is 572 g/mol. The van der Waals surface area contributed by atoms with Crippen LogP contribution in [0.5, 0.6) is 0 Å². The average molecular weight is 573 g/mol. The summed E-state index contributed by atoms with van der Waals surface area (Å²) in [4.78, 5) is 0.372. The van der Waals surface area contributed by atoms with Gasteiger partial charge < -0.3 is 14.9 Å². The number of ether oxygens (including phenoxy) is 1. The first kappa shape index (κ1) is 29.1. The third-order valence-corrected chi connectivity index (χ3v) is 15.7. The summed E-state index contributed by atoms with van der Waals surface area (Å²) in [6.07, 6.45) is 10.9. The molecule has 0 bridgehead atoms. The maximum absolute atomic E-state index is 14.2. The lowest BCUT2D eigenvalue weighted by molar-refractivity contribution is -0.148. The van der Waals surface area contributed by atoms with Crippen LogP contribution in [0.2, 0.25) is 0 Å². The molecule has 5 nitrogen and oxygen atoms in total. The predicted molar refractivity (Wildman–Crippen MR) is 157 cm³/mol. The van der Waals surface area contributed by atoms with Gasteiger partial charge in [-0.1, -0.05) is 39.0 Å². The summed E-state index contributed by atoms with van der Waals surface area (Å²) in [5, 5.41) is 21.6. The molecule has 1 heterocycles. The molecule has 1 aliphatic heterocycles. The number of sulfone groups is 1. The van der Waals surface area contributed by atoms with Crippen molar-refractivity contribution in [1.29, 1.82) is 0 Å². The molecule has 40 heavy (non-hydrogen) atoms. The van der Waals surface area contributed by atoms with Crippen molar-refractivity contribution in [1.82, 2.24) is 0 Å². The van der Waals surface area contributed by atoms with E-state index in [9.17, 15) is 18.6 Å². The summed E-state index contributed by atoms with van der Waals surface area (Å²) >= 11 is 0. The van der Waals surface area contributed by atoms with E-state index < -0.39 is 26.3 Å². The Morgan fingerprint density at radius 1 is 0.900 bits per heavy atom. The highest BCUT2D eigenvalue weighted by atomic mass is 32.2. The Morgan fingerprint density at radius 2 is 1.62 bits per heavy atom. The predicted octanol–water partition coefficient (Wildman–Crippen LogP) is 6.42. The highest BCUT2D eigenvalue weighted by Crippen LogP contribution is 2.69. The number of aliphatic hydroxyl groups is 2. The maximum Gasteiger partial charge on any atom is 0.181 e. The summed E-state index contributed by atoms with van der Waals surface area (Å²) in [5.74, 6) is 2.96. The molecule has 0 aromatic heterocycles. The molecule has 1 aromatic rings. The third kappa shape index (κ3) is 4.72. The van der Waals surface area contributed by atoms with Crippen LogP contribution >= 0.6 is 0 Å². The third-order valence-electron chi connectivity index (χ3n) is 13.4. The molecule has 2 unspecified atom stereocenters. The number of rotatable bonds is 6. The van der Waals surface area contributed by atoms with Crippen LogP contribution in [0.3, 0.4) is 0 Å². The van der Waals surface area contributed by atoms with Crippen molar-refractivity contribution in [2.45, 2.75) is 120 Å². The van der Waals surface area contributed by atoms with Crippen molar-refractivity contribution in [2.24, 2.45) is 46.3 Å². The van der Waals surface area contributed by atoms with Gasteiger partial charge in [0, 0.05) is 13.0 Å². The molecule has 1 aromatic carbocycles. The van der Waals surface area contributed by atoms with Crippen LogP contribution in [0.15, 0.2) is 35.2 Å². The Hall–Kier alpha value is -0.950. The lowest BCUT2D eigenvalue weighted by Gasteiger charge is -2.62. The van der Waals surface area contributed by atoms with Crippen LogP contribution in [0, 0.1) is 46.3 Å². The first-order valence-electron chi connectivity index (χ1n) is 16.1. The van der Waals surface area contributed by atoms with Gasteiger partial charge in [-0.05, 0) is 130 Å². The summed E-state index contributed by atoms with van der Waals surface area (Å²) in [5.41, 5.74) is -1.14. The summed E-state index contributed by atoms with van der Waals surface area (Å²) < 4.78 is 34.0. The van der Waals surface area contributed by atoms with Gasteiger partial charge in [0.1, 0.15) is 0 Å². The lowest BCUT2D eigenvalue weighted by Crippen LogP contribution is -2.56. The van der Waals surface area contributed by atoms with Gasteiger partial charge in [0.05, 0.1) is 28.0 Å². The number of hydrogen-bond donors (Lipinski definition) is 2. The minimum absolute atomic E-state index is 0.0434. The molecular weight excluding hydrogens is 520 g/mol. The van der Waals surface area contributed by atoms with Crippen LogP contribution < -0.4 is 0 Å². The fourth-order valence-corrected chi connectivity index (χ4v) is 13.3. The van der Waals surface area contributed by atoms with Gasteiger partial charge in [-0.2, -0.15) is 0 Å². The van der Waals surface area contributed by atoms with E-state index in [2.05, 4.69) is 20.8 Å². The quantitative estimate of drug-likeness (QED) is 0.411. The van der Waals surface area contributed by atoms with E-state index >= 15 is 0 Å². The minimum Gasteiger partial charge on any atom is -0.390 e. The normalized spacial score (nSPS) is 46.7. The number of hydrogen-bond acceptors (Lipinski definition) is 5. The number of benzene rings is 1. The fourth-order valence-electron chi connectivity index (χ4n) is 11.1. The molecule has 0 spiro atoms. The van der Waals surface area contributed by atoms with Crippen molar-refractivity contribution in [2.75, 3.05) is 13.2 Å². The summed E-state index contributed by atoms with van der Waals surface area (Å²) in [6.45, 7) is 9.95. The first-order chi connectivity index (χ1) is 18.8. The second kappa shape index (κ2) is 10.1. The molecule has 4 aliphatic carbocycles. The highest BCUT2D eigenvalue weighted by Gasteiger charge is 2.62. The smallest absolute Gasteiger partial charge is 0.181 e. The van der Waals surface area contributed by atoms with E-state index in [-0.39, 0.29) is 24.4 Å². The van der Waals surface area contributed by atoms with E-state index in [0.717, 1.165) is 38.0 Å². The lowest BCUT2D eigenvalue weighted by atomic mass is 9.43. The van der Waals surface area contributed by atoms with Crippen molar-refractivity contribution < 1.29 is 23.4 Å². The van der Waals surface area contributed by atoms with Gasteiger partial charge in [0.25, 0.3) is 0 Å². The highest BCUT2D eigenvalue weighted by molar-refractivity contribution is 7.92. The summed E-state index contributed by atoms with van der Waals surface area (Å²) in [7, 11) is -3.63. The van der Waals surface area contributed by atoms with E-state index in [0.29, 0.717) is 47.0 Å². The van der Waals surface area contributed by atoms with E-state index in [1.807, 2.05) is 13.0 Å². The van der Waals surface area contributed by atoms with Gasteiger partial charge >= 0.3 is 0 Å². The Balaban J connectivity index is 1.28. The van der Waals surface area contributed by atoms with Crippen molar-refractivity contribution in [3.8, 4) is 0 Å². The molecule has 5 aliphatic rings. The Labute approximate surface area is 242 Å². The maximum atomic E-state index is 14.2. The molecule has 4 saturated carbocycles. The van der Waals surface area contributed by atoms with Crippen LogP contribution in [0.4, 0.5) is 0 Å². The zero-order chi connectivity index (χ0) is 28.6. The standard InChI is InChI=1S/C34H52O5S/c1-23(30(21-34(36)18-19-39-22-34)40(37,38)25-8-6-5-7-9-25)27-12-13-28-26-11-10-24-20-31(2,35)16-17-32(24,3)29(26)14-15-33(27,28)4/h5-9,23-24,26-30,35-36H,10-22H2,1-4H3/t23-,24-,26-,27+,28-,29-,30?,31-,32-,33+,34?/m0/s1. The van der Waals surface area contributed by atoms with E-state index in [1.165, 1.54) is 25.7 Å². The second-order valence-corrected chi connectivity index (χ2v) is 17.7. The Bertz CT molecular complexity index is 1170. The minimum atomic E-state index is -3.63. The summed E-state index contributed by atoms with van der Waals surface area (Å²) in [6, 6.07) is 8.90. The van der Waals surface area contributed by atoms with E-state index in [4.69, 9.17) is 4.74 Å². The molecule has 11 atom stereocenters. The topological polar surface area (TPSA) is 83.8 Å². The molecule has 2 N–H and O–H groups in total. The zero-order valence-electron chi connectivity index (χ0n) is 25.1.